The van der Waals surface area contributed by atoms with Crippen LogP contribution in [0, 0.1) is 5.92 Å². The summed E-state index contributed by atoms with van der Waals surface area (Å²) in [4.78, 5) is 25.1. The molecule has 212 valence electrons. The van der Waals surface area contributed by atoms with Crippen molar-refractivity contribution in [1.29, 1.82) is 0 Å². The molecule has 0 aliphatic carbocycles. The molecule has 0 radical (unpaired) electrons. The number of hydrogen-bond donors (Lipinski definition) is 3. The normalized spacial score (nSPS) is 21.6. The van der Waals surface area contributed by atoms with Gasteiger partial charge in [-0.1, -0.05) is 73.7 Å². The number of carbonyl (C=O) groups excluding carboxylic acids is 1. The molecule has 1 aliphatic heterocycles. The summed E-state index contributed by atoms with van der Waals surface area (Å²) in [5.74, 6) is -1.31. The second-order valence-electron chi connectivity index (χ2n) is 10.4. The second kappa shape index (κ2) is 13.7. The van der Waals surface area contributed by atoms with Gasteiger partial charge >= 0.3 is 5.97 Å². The van der Waals surface area contributed by atoms with Crippen LogP contribution in [-0.2, 0) is 25.7 Å². The van der Waals surface area contributed by atoms with Gasteiger partial charge in [0, 0.05) is 36.2 Å². The number of carboxylic acid groups (broad SMARTS) is 1. The summed E-state index contributed by atoms with van der Waals surface area (Å²) in [6.07, 6.45) is -1.29. The van der Waals surface area contributed by atoms with Gasteiger partial charge in [-0.05, 0) is 42.8 Å². The predicted octanol–water partition coefficient (Wildman–Crippen LogP) is 5.47. The Labute approximate surface area is 235 Å². The number of benzene rings is 3. The maximum Gasteiger partial charge on any atom is 0.303 e. The molecule has 3 aromatic rings. The van der Waals surface area contributed by atoms with Crippen molar-refractivity contribution in [2.75, 3.05) is 18.9 Å². The van der Waals surface area contributed by atoms with E-state index in [0.717, 1.165) is 16.7 Å². The lowest BCUT2D eigenvalue weighted by atomic mass is 9.89. The number of hydrogen-bond acceptors (Lipinski definition) is 6. The third-order valence-corrected chi connectivity index (χ3v) is 7.57. The van der Waals surface area contributed by atoms with Crippen LogP contribution in [0.2, 0.25) is 0 Å². The van der Waals surface area contributed by atoms with Crippen LogP contribution in [-0.4, -0.2) is 46.7 Å². The minimum atomic E-state index is -1.01. The fourth-order valence-electron chi connectivity index (χ4n) is 4.92. The molecule has 0 bridgehead atoms. The van der Waals surface area contributed by atoms with Gasteiger partial charge in [-0.25, -0.2) is 0 Å². The summed E-state index contributed by atoms with van der Waals surface area (Å²) in [5.41, 5.74) is 4.49. The predicted molar refractivity (Wildman–Crippen MR) is 152 cm³/mol. The van der Waals surface area contributed by atoms with Gasteiger partial charge in [-0.2, -0.15) is 0 Å². The first kappa shape index (κ1) is 29.4. The lowest BCUT2D eigenvalue weighted by Gasteiger charge is -2.43. The monoisotopic (exact) mass is 546 g/mol. The number of nitrogens with zero attached hydrogens (tertiary/aromatic N) is 1. The van der Waals surface area contributed by atoms with Crippen LogP contribution in [0.5, 0.6) is 0 Å². The summed E-state index contributed by atoms with van der Waals surface area (Å²) in [6, 6.07) is 25.6. The second-order valence-corrected chi connectivity index (χ2v) is 10.4. The number of amides is 1. The number of rotatable bonds is 11. The third-order valence-electron chi connectivity index (χ3n) is 7.57. The van der Waals surface area contributed by atoms with Crippen molar-refractivity contribution >= 4 is 17.6 Å². The maximum absolute atomic E-state index is 12.0. The van der Waals surface area contributed by atoms with Gasteiger partial charge in [0.1, 0.15) is 0 Å². The number of likely N-dealkylation sites (N-methyl/N-ethyl adjacent to an activating group) is 1. The topological polar surface area (TPSA) is 108 Å². The lowest BCUT2D eigenvalue weighted by molar-refractivity contribution is -0.276. The van der Waals surface area contributed by atoms with Crippen molar-refractivity contribution in [3.05, 3.63) is 101 Å². The standard InChI is InChI=1S/C32H38N2O6/c1-21-28(19-34(3)22(2)24-7-5-4-6-8-24)39-32(40-31(21)25-11-9-23(20-35)10-12-25)26-13-15-27(16-14-26)33-29(36)17-18-30(37)38/h4-16,21-22,28,31-32,35H,17-20H2,1-3H3,(H,33,36)(H,37,38)/t21-,22+,28+,31+,32+/m1/s1. The van der Waals surface area contributed by atoms with Crippen LogP contribution < -0.4 is 5.32 Å². The Balaban J connectivity index is 1.53. The number of aliphatic carboxylic acids is 1. The van der Waals surface area contributed by atoms with E-state index in [0.29, 0.717) is 12.2 Å². The van der Waals surface area contributed by atoms with Gasteiger partial charge in [0.05, 0.1) is 25.2 Å². The molecule has 0 saturated carbocycles. The Morgan fingerprint density at radius 2 is 1.57 bits per heavy atom. The summed E-state index contributed by atoms with van der Waals surface area (Å²) in [7, 11) is 2.10. The molecule has 1 fully saturated rings. The zero-order valence-electron chi connectivity index (χ0n) is 23.2. The Morgan fingerprint density at radius 3 is 2.20 bits per heavy atom. The minimum Gasteiger partial charge on any atom is -0.481 e. The summed E-state index contributed by atoms with van der Waals surface area (Å²) in [5, 5.41) is 21.0. The molecular formula is C32H38N2O6. The molecule has 0 unspecified atom stereocenters. The molecule has 40 heavy (non-hydrogen) atoms. The zero-order valence-corrected chi connectivity index (χ0v) is 23.2. The van der Waals surface area contributed by atoms with Crippen molar-refractivity contribution in [1.82, 2.24) is 4.90 Å². The van der Waals surface area contributed by atoms with Crippen molar-refractivity contribution < 1.29 is 29.3 Å². The van der Waals surface area contributed by atoms with E-state index in [2.05, 4.69) is 43.2 Å². The molecule has 1 heterocycles. The van der Waals surface area contributed by atoms with Crippen molar-refractivity contribution in [3.63, 3.8) is 0 Å². The quantitative estimate of drug-likeness (QED) is 0.293. The van der Waals surface area contributed by atoms with Gasteiger partial charge in [0.15, 0.2) is 6.29 Å². The molecule has 1 amide bonds. The molecule has 4 rings (SSSR count). The number of nitrogens with one attached hydrogen (secondary N) is 1. The van der Waals surface area contributed by atoms with Crippen molar-refractivity contribution in [3.8, 4) is 0 Å². The highest BCUT2D eigenvalue weighted by Gasteiger charge is 2.39. The van der Waals surface area contributed by atoms with Gasteiger partial charge in [0.2, 0.25) is 5.91 Å². The molecule has 5 atom stereocenters. The fourth-order valence-corrected chi connectivity index (χ4v) is 4.92. The number of carboxylic acids is 1. The first-order valence-electron chi connectivity index (χ1n) is 13.6. The Hall–Kier alpha value is -3.56. The summed E-state index contributed by atoms with van der Waals surface area (Å²) < 4.78 is 13.1. The average Bonchev–Trinajstić information content (AvgIpc) is 2.97. The van der Waals surface area contributed by atoms with E-state index < -0.39 is 12.3 Å². The molecular weight excluding hydrogens is 508 g/mol. The summed E-state index contributed by atoms with van der Waals surface area (Å²) in [6.45, 7) is 5.00. The molecule has 1 saturated heterocycles. The lowest BCUT2D eigenvalue weighted by Crippen LogP contribution is -2.44. The van der Waals surface area contributed by atoms with E-state index in [1.807, 2.05) is 54.6 Å². The van der Waals surface area contributed by atoms with E-state index >= 15 is 0 Å². The number of ether oxygens (including phenoxy) is 2. The Bertz CT molecular complexity index is 1250. The molecule has 3 aromatic carbocycles. The minimum absolute atomic E-state index is 0.0168. The van der Waals surface area contributed by atoms with Gasteiger partial charge in [-0.3, -0.25) is 14.5 Å². The van der Waals surface area contributed by atoms with Crippen LogP contribution in [0.25, 0.3) is 0 Å². The SMILES string of the molecule is C[C@@H]1[C@H](CN(C)[C@@H](C)c2ccccc2)O[C@H](c2ccc(NC(=O)CCC(=O)O)cc2)O[C@@H]1c1ccc(CO)cc1. The maximum atomic E-state index is 12.0. The Morgan fingerprint density at radius 1 is 0.925 bits per heavy atom. The molecule has 0 aromatic heterocycles. The van der Waals surface area contributed by atoms with E-state index in [9.17, 15) is 14.7 Å². The zero-order chi connectivity index (χ0) is 28.6. The van der Waals surface area contributed by atoms with Gasteiger partial charge in [-0.15, -0.1) is 0 Å². The van der Waals surface area contributed by atoms with Crippen LogP contribution in [0.4, 0.5) is 5.69 Å². The largest absolute Gasteiger partial charge is 0.481 e. The number of anilines is 1. The summed E-state index contributed by atoms with van der Waals surface area (Å²) >= 11 is 0. The Kier molecular flexibility index (Phi) is 10.1. The van der Waals surface area contributed by atoms with Crippen LogP contribution in [0.15, 0.2) is 78.9 Å². The van der Waals surface area contributed by atoms with E-state index in [1.165, 1.54) is 5.56 Å². The third kappa shape index (κ3) is 7.55. The van der Waals surface area contributed by atoms with E-state index in [4.69, 9.17) is 14.6 Å². The molecule has 3 N–H and O–H groups in total. The highest BCUT2D eigenvalue weighted by Crippen LogP contribution is 2.42. The van der Waals surface area contributed by atoms with Gasteiger partial charge < -0.3 is 25.0 Å². The molecule has 8 heteroatoms. The van der Waals surface area contributed by atoms with Gasteiger partial charge in [0.25, 0.3) is 0 Å². The van der Waals surface area contributed by atoms with Crippen LogP contribution in [0.3, 0.4) is 0 Å². The number of aliphatic hydroxyl groups is 1. The average molecular weight is 547 g/mol. The highest BCUT2D eigenvalue weighted by atomic mass is 16.7. The van der Waals surface area contributed by atoms with Crippen LogP contribution in [0.1, 0.15) is 67.4 Å². The first-order valence-corrected chi connectivity index (χ1v) is 13.6. The highest BCUT2D eigenvalue weighted by molar-refractivity contribution is 5.92. The molecule has 1 aliphatic rings. The molecule has 8 nitrogen and oxygen atoms in total. The smallest absolute Gasteiger partial charge is 0.303 e. The van der Waals surface area contributed by atoms with E-state index in [-0.39, 0.29) is 49.5 Å². The van der Waals surface area contributed by atoms with Crippen molar-refractivity contribution in [2.24, 2.45) is 5.92 Å². The van der Waals surface area contributed by atoms with E-state index in [1.54, 1.807) is 12.1 Å². The fraction of sp³-hybridized carbons (Fsp3) is 0.375. The number of aliphatic hydroxyl groups excluding tert-OH is 1. The van der Waals surface area contributed by atoms with Crippen LogP contribution >= 0.6 is 0 Å². The first-order chi connectivity index (χ1) is 19.2. The van der Waals surface area contributed by atoms with Crippen molar-refractivity contribution in [2.45, 2.75) is 57.8 Å². The molecule has 0 spiro atoms. The number of carbonyl (C=O) groups is 2.